The summed E-state index contributed by atoms with van der Waals surface area (Å²) in [7, 11) is 0. The fourth-order valence-corrected chi connectivity index (χ4v) is 4.70. The second-order valence-electron chi connectivity index (χ2n) is 9.38. The van der Waals surface area contributed by atoms with Crippen LogP contribution >= 0.6 is 0 Å². The molecule has 4 heteroatoms. The molecule has 2 aliphatic rings. The van der Waals surface area contributed by atoms with Crippen LogP contribution in [-0.4, -0.2) is 54.5 Å². The largest absolute Gasteiger partial charge is 0.348 e. The number of benzene rings is 1. The Labute approximate surface area is 171 Å². The second-order valence-corrected chi connectivity index (χ2v) is 9.38. The zero-order chi connectivity index (χ0) is 20.1. The SMILES string of the molecule is CC(C)c1ccc(C(NC(=O)CN2CCCC2CN2CCCC2)C(C)C)cc1. The van der Waals surface area contributed by atoms with Crippen molar-refractivity contribution in [2.45, 2.75) is 71.4 Å². The molecule has 2 heterocycles. The Morgan fingerprint density at radius 3 is 2.25 bits per heavy atom. The third-order valence-corrected chi connectivity index (χ3v) is 6.46. The smallest absolute Gasteiger partial charge is 0.234 e. The maximum absolute atomic E-state index is 12.9. The van der Waals surface area contributed by atoms with Crippen molar-refractivity contribution < 1.29 is 4.79 Å². The molecule has 0 bridgehead atoms. The third kappa shape index (κ3) is 5.57. The van der Waals surface area contributed by atoms with Gasteiger partial charge in [0.05, 0.1) is 12.6 Å². The molecular formula is C24H39N3O. The van der Waals surface area contributed by atoms with Gasteiger partial charge in [-0.3, -0.25) is 9.69 Å². The number of amides is 1. The first-order chi connectivity index (χ1) is 13.4. The number of hydrogen-bond donors (Lipinski definition) is 1. The van der Waals surface area contributed by atoms with Gasteiger partial charge in [0.25, 0.3) is 0 Å². The van der Waals surface area contributed by atoms with Crippen LogP contribution in [0.1, 0.15) is 76.5 Å². The molecule has 1 amide bonds. The van der Waals surface area contributed by atoms with Crippen LogP contribution in [0.4, 0.5) is 0 Å². The summed E-state index contributed by atoms with van der Waals surface area (Å²) in [4.78, 5) is 17.9. The molecular weight excluding hydrogens is 346 g/mol. The number of nitrogens with one attached hydrogen (secondary N) is 1. The molecule has 28 heavy (non-hydrogen) atoms. The topological polar surface area (TPSA) is 35.6 Å². The van der Waals surface area contributed by atoms with Crippen molar-refractivity contribution in [2.75, 3.05) is 32.7 Å². The number of rotatable bonds is 8. The lowest BCUT2D eigenvalue weighted by Crippen LogP contribution is -2.45. The summed E-state index contributed by atoms with van der Waals surface area (Å²) in [5.74, 6) is 1.07. The van der Waals surface area contributed by atoms with Gasteiger partial charge in [0.15, 0.2) is 0 Å². The van der Waals surface area contributed by atoms with Gasteiger partial charge in [-0.25, -0.2) is 0 Å². The molecule has 2 unspecified atom stereocenters. The van der Waals surface area contributed by atoms with Crippen LogP contribution in [0.3, 0.4) is 0 Å². The average Bonchev–Trinajstić information content (AvgIpc) is 3.32. The van der Waals surface area contributed by atoms with E-state index in [1.807, 2.05) is 0 Å². The molecule has 156 valence electrons. The van der Waals surface area contributed by atoms with Crippen molar-refractivity contribution in [2.24, 2.45) is 5.92 Å². The van der Waals surface area contributed by atoms with Gasteiger partial charge < -0.3 is 10.2 Å². The van der Waals surface area contributed by atoms with Gasteiger partial charge >= 0.3 is 0 Å². The fraction of sp³-hybridized carbons (Fsp3) is 0.708. The van der Waals surface area contributed by atoms with Crippen molar-refractivity contribution in [3.05, 3.63) is 35.4 Å². The van der Waals surface area contributed by atoms with Gasteiger partial charge in [0.2, 0.25) is 5.91 Å². The first-order valence-corrected chi connectivity index (χ1v) is 11.3. The molecule has 0 radical (unpaired) electrons. The Hall–Kier alpha value is -1.39. The standard InChI is InChI=1S/C24H39N3O/c1-18(2)20-9-11-21(12-10-20)24(19(3)4)25-23(28)17-27-15-7-8-22(27)16-26-13-5-6-14-26/h9-12,18-19,22,24H,5-8,13-17H2,1-4H3,(H,25,28). The Morgan fingerprint density at radius 2 is 1.64 bits per heavy atom. The first kappa shape index (κ1) is 21.3. The number of likely N-dealkylation sites (tertiary alicyclic amines) is 2. The molecule has 0 saturated carbocycles. The summed E-state index contributed by atoms with van der Waals surface area (Å²) >= 11 is 0. The van der Waals surface area contributed by atoms with Gasteiger partial charge in [-0.1, -0.05) is 52.0 Å². The Bertz CT molecular complexity index is 619. The fourth-order valence-electron chi connectivity index (χ4n) is 4.70. The summed E-state index contributed by atoms with van der Waals surface area (Å²) in [5, 5.41) is 3.33. The number of carbonyl (C=O) groups is 1. The van der Waals surface area contributed by atoms with E-state index in [1.54, 1.807) is 0 Å². The minimum atomic E-state index is 0.0772. The van der Waals surface area contributed by atoms with E-state index in [4.69, 9.17) is 0 Å². The second kappa shape index (κ2) is 9.89. The number of nitrogens with zero attached hydrogens (tertiary/aromatic N) is 2. The van der Waals surface area contributed by atoms with E-state index >= 15 is 0 Å². The number of hydrogen-bond acceptors (Lipinski definition) is 3. The van der Waals surface area contributed by atoms with Gasteiger partial charge in [-0.05, 0) is 68.3 Å². The van der Waals surface area contributed by atoms with E-state index < -0.39 is 0 Å². The lowest BCUT2D eigenvalue weighted by atomic mass is 9.93. The highest BCUT2D eigenvalue weighted by atomic mass is 16.2. The zero-order valence-electron chi connectivity index (χ0n) is 18.3. The van der Waals surface area contributed by atoms with Crippen LogP contribution < -0.4 is 5.32 Å². The molecule has 4 nitrogen and oxygen atoms in total. The van der Waals surface area contributed by atoms with Crippen LogP contribution in [0, 0.1) is 5.92 Å². The molecule has 2 saturated heterocycles. The van der Waals surface area contributed by atoms with E-state index in [0.29, 0.717) is 24.4 Å². The number of carbonyl (C=O) groups excluding carboxylic acids is 1. The highest BCUT2D eigenvalue weighted by Crippen LogP contribution is 2.25. The predicted octanol–water partition coefficient (Wildman–Crippen LogP) is 4.18. The maximum Gasteiger partial charge on any atom is 0.234 e. The highest BCUT2D eigenvalue weighted by Gasteiger charge is 2.29. The molecule has 1 aromatic rings. The quantitative estimate of drug-likeness (QED) is 0.729. The summed E-state index contributed by atoms with van der Waals surface area (Å²) in [6.07, 6.45) is 5.11. The average molecular weight is 386 g/mol. The highest BCUT2D eigenvalue weighted by molar-refractivity contribution is 5.78. The van der Waals surface area contributed by atoms with Gasteiger partial charge in [0.1, 0.15) is 0 Å². The maximum atomic E-state index is 12.9. The predicted molar refractivity (Wildman–Crippen MR) is 117 cm³/mol. The summed E-state index contributed by atoms with van der Waals surface area (Å²) in [6.45, 7) is 14.0. The molecule has 0 aromatic heterocycles. The van der Waals surface area contributed by atoms with Crippen molar-refractivity contribution in [1.29, 1.82) is 0 Å². The van der Waals surface area contributed by atoms with Crippen LogP contribution in [0.15, 0.2) is 24.3 Å². The molecule has 2 atom stereocenters. The van der Waals surface area contributed by atoms with E-state index in [-0.39, 0.29) is 11.9 Å². The Morgan fingerprint density at radius 1 is 1.00 bits per heavy atom. The van der Waals surface area contributed by atoms with E-state index in [0.717, 1.165) is 13.1 Å². The van der Waals surface area contributed by atoms with Crippen LogP contribution in [0.25, 0.3) is 0 Å². The molecule has 1 aromatic carbocycles. The summed E-state index contributed by atoms with van der Waals surface area (Å²) in [5.41, 5.74) is 2.56. The molecule has 0 spiro atoms. The van der Waals surface area contributed by atoms with Crippen LogP contribution in [0.5, 0.6) is 0 Å². The minimum absolute atomic E-state index is 0.0772. The van der Waals surface area contributed by atoms with E-state index in [9.17, 15) is 4.79 Å². The van der Waals surface area contributed by atoms with Crippen molar-refractivity contribution in [1.82, 2.24) is 15.1 Å². The molecule has 0 aliphatic carbocycles. The van der Waals surface area contributed by atoms with Gasteiger partial charge in [-0.2, -0.15) is 0 Å². The first-order valence-electron chi connectivity index (χ1n) is 11.3. The van der Waals surface area contributed by atoms with Crippen molar-refractivity contribution >= 4 is 5.91 Å². The molecule has 1 N–H and O–H groups in total. The lowest BCUT2D eigenvalue weighted by molar-refractivity contribution is -0.123. The summed E-state index contributed by atoms with van der Waals surface area (Å²) in [6, 6.07) is 9.40. The van der Waals surface area contributed by atoms with Crippen molar-refractivity contribution in [3.63, 3.8) is 0 Å². The summed E-state index contributed by atoms with van der Waals surface area (Å²) < 4.78 is 0. The normalized spacial score (nSPS) is 22.3. The molecule has 2 aliphatic heterocycles. The molecule has 2 fully saturated rings. The molecule has 3 rings (SSSR count). The van der Waals surface area contributed by atoms with Crippen LogP contribution in [0.2, 0.25) is 0 Å². The Kier molecular flexibility index (Phi) is 7.53. The third-order valence-electron chi connectivity index (χ3n) is 6.46. The minimum Gasteiger partial charge on any atom is -0.348 e. The van der Waals surface area contributed by atoms with Crippen LogP contribution in [-0.2, 0) is 4.79 Å². The van der Waals surface area contributed by atoms with Crippen molar-refractivity contribution in [3.8, 4) is 0 Å². The lowest BCUT2D eigenvalue weighted by Gasteiger charge is -2.29. The van der Waals surface area contributed by atoms with E-state index in [2.05, 4.69) is 67.1 Å². The van der Waals surface area contributed by atoms with Gasteiger partial charge in [0, 0.05) is 12.6 Å². The zero-order valence-corrected chi connectivity index (χ0v) is 18.3. The monoisotopic (exact) mass is 385 g/mol. The van der Waals surface area contributed by atoms with Gasteiger partial charge in [-0.15, -0.1) is 0 Å². The Balaban J connectivity index is 1.57. The van der Waals surface area contributed by atoms with E-state index in [1.165, 1.54) is 49.9 Å².